The van der Waals surface area contributed by atoms with Crippen LogP contribution in [-0.4, -0.2) is 41.6 Å². The van der Waals surface area contributed by atoms with E-state index in [4.69, 9.17) is 9.47 Å². The van der Waals surface area contributed by atoms with Crippen molar-refractivity contribution in [3.63, 3.8) is 0 Å². The van der Waals surface area contributed by atoms with Crippen LogP contribution in [0.4, 0.5) is 0 Å². The van der Waals surface area contributed by atoms with Gasteiger partial charge in [0, 0.05) is 12.8 Å². The summed E-state index contributed by atoms with van der Waals surface area (Å²) in [4.78, 5) is 11.2. The van der Waals surface area contributed by atoms with Crippen molar-refractivity contribution in [3.8, 4) is 0 Å². The molecule has 1 heterocycles. The van der Waals surface area contributed by atoms with E-state index in [0.29, 0.717) is 18.6 Å². The molecule has 0 fully saturated rings. The summed E-state index contributed by atoms with van der Waals surface area (Å²) in [5.74, 6) is -0.0237. The number of aliphatic hydroxyl groups is 2. The molecule has 0 aromatic heterocycles. The molecule has 0 spiro atoms. The van der Waals surface area contributed by atoms with Gasteiger partial charge in [-0.15, -0.1) is 0 Å². The Morgan fingerprint density at radius 1 is 1.62 bits per heavy atom. The van der Waals surface area contributed by atoms with Gasteiger partial charge >= 0.3 is 5.97 Å². The highest BCUT2D eigenvalue weighted by atomic mass is 16.6. The van der Waals surface area contributed by atoms with Gasteiger partial charge in [-0.05, 0) is 6.42 Å². The summed E-state index contributed by atoms with van der Waals surface area (Å²) >= 11 is 0. The number of hydrogen-bond donors (Lipinski definition) is 2. The lowest BCUT2D eigenvalue weighted by atomic mass is 10.0. The summed E-state index contributed by atoms with van der Waals surface area (Å²) in [6, 6.07) is 0. The molecule has 5 nitrogen and oxygen atoms in total. The molecule has 0 bridgehead atoms. The fourth-order valence-electron chi connectivity index (χ4n) is 1.57. The molecule has 1 aliphatic rings. The van der Waals surface area contributed by atoms with Crippen LogP contribution in [0.5, 0.6) is 0 Å². The standard InChI is InChI=1S/C11H18O5/c1-3-7(12)4-9(13)10-5-8(15-2)6-11(14)16-10/h6-7,9-10,12-13H,3-5H2,1-2H3. The topological polar surface area (TPSA) is 76.0 Å². The number of hydrogen-bond acceptors (Lipinski definition) is 5. The minimum Gasteiger partial charge on any atom is -0.501 e. The van der Waals surface area contributed by atoms with E-state index in [1.807, 2.05) is 6.92 Å². The molecule has 92 valence electrons. The number of rotatable bonds is 5. The maximum absolute atomic E-state index is 11.2. The maximum atomic E-state index is 11.2. The van der Waals surface area contributed by atoms with Crippen molar-refractivity contribution >= 4 is 5.97 Å². The van der Waals surface area contributed by atoms with Crippen LogP contribution in [0, 0.1) is 0 Å². The predicted molar refractivity (Wildman–Crippen MR) is 56.5 cm³/mol. The first-order chi connectivity index (χ1) is 7.56. The Bertz CT molecular complexity index is 274. The fourth-order valence-corrected chi connectivity index (χ4v) is 1.57. The third-order valence-electron chi connectivity index (χ3n) is 2.62. The third-order valence-corrected chi connectivity index (χ3v) is 2.62. The van der Waals surface area contributed by atoms with Gasteiger partial charge in [-0.25, -0.2) is 4.79 Å². The zero-order valence-electron chi connectivity index (χ0n) is 9.55. The van der Waals surface area contributed by atoms with Crippen LogP contribution in [-0.2, 0) is 14.3 Å². The van der Waals surface area contributed by atoms with E-state index in [0.717, 1.165) is 0 Å². The molecule has 1 rings (SSSR count). The monoisotopic (exact) mass is 230 g/mol. The van der Waals surface area contributed by atoms with Gasteiger partial charge in [-0.1, -0.05) is 6.92 Å². The molecule has 3 unspecified atom stereocenters. The summed E-state index contributed by atoms with van der Waals surface area (Å²) in [7, 11) is 1.47. The molecule has 16 heavy (non-hydrogen) atoms. The van der Waals surface area contributed by atoms with Crippen molar-refractivity contribution in [1.82, 2.24) is 0 Å². The van der Waals surface area contributed by atoms with E-state index >= 15 is 0 Å². The van der Waals surface area contributed by atoms with Crippen LogP contribution < -0.4 is 0 Å². The molecule has 3 atom stereocenters. The van der Waals surface area contributed by atoms with Gasteiger partial charge in [0.15, 0.2) is 0 Å². The highest BCUT2D eigenvalue weighted by Crippen LogP contribution is 2.21. The molecule has 0 aromatic carbocycles. The van der Waals surface area contributed by atoms with Crippen molar-refractivity contribution in [1.29, 1.82) is 0 Å². The Labute approximate surface area is 94.7 Å². The Morgan fingerprint density at radius 3 is 2.88 bits per heavy atom. The smallest absolute Gasteiger partial charge is 0.334 e. The minimum absolute atomic E-state index is 0.200. The number of methoxy groups -OCH3 is 1. The number of ether oxygens (including phenoxy) is 2. The molecular formula is C11H18O5. The van der Waals surface area contributed by atoms with E-state index in [2.05, 4.69) is 0 Å². The molecule has 2 N–H and O–H groups in total. The zero-order chi connectivity index (χ0) is 12.1. The average molecular weight is 230 g/mol. The third kappa shape index (κ3) is 3.50. The average Bonchev–Trinajstić information content (AvgIpc) is 2.27. The molecule has 0 saturated carbocycles. The van der Waals surface area contributed by atoms with Crippen molar-refractivity contribution in [2.75, 3.05) is 7.11 Å². The number of esters is 1. The Morgan fingerprint density at radius 2 is 2.31 bits per heavy atom. The minimum atomic E-state index is -0.863. The first kappa shape index (κ1) is 13.0. The Hall–Kier alpha value is -1.07. The van der Waals surface area contributed by atoms with E-state index in [9.17, 15) is 15.0 Å². The molecule has 0 amide bonds. The maximum Gasteiger partial charge on any atom is 0.334 e. The second-order valence-corrected chi connectivity index (χ2v) is 3.86. The fraction of sp³-hybridized carbons (Fsp3) is 0.727. The van der Waals surface area contributed by atoms with Gasteiger partial charge < -0.3 is 19.7 Å². The van der Waals surface area contributed by atoms with E-state index in [1.54, 1.807) is 0 Å². The molecule has 0 saturated heterocycles. The van der Waals surface area contributed by atoms with Gasteiger partial charge in [-0.3, -0.25) is 0 Å². The highest BCUT2D eigenvalue weighted by Gasteiger charge is 2.29. The second kappa shape index (κ2) is 5.86. The summed E-state index contributed by atoms with van der Waals surface area (Å²) in [5.41, 5.74) is 0. The van der Waals surface area contributed by atoms with Crippen molar-refractivity contribution in [2.45, 2.75) is 44.5 Å². The number of carbonyl (C=O) groups is 1. The SMILES string of the molecule is CCC(O)CC(O)C1CC(OC)=CC(=O)O1. The molecule has 1 aliphatic heterocycles. The van der Waals surface area contributed by atoms with Crippen LogP contribution in [0.3, 0.4) is 0 Å². The Kier molecular flexibility index (Phi) is 4.76. The normalized spacial score (nSPS) is 24.4. The van der Waals surface area contributed by atoms with Crippen LogP contribution in [0.2, 0.25) is 0 Å². The van der Waals surface area contributed by atoms with Gasteiger partial charge in [0.1, 0.15) is 11.9 Å². The summed E-state index contributed by atoms with van der Waals surface area (Å²) < 4.78 is 9.93. The van der Waals surface area contributed by atoms with Crippen molar-refractivity contribution in [3.05, 3.63) is 11.8 Å². The van der Waals surface area contributed by atoms with Gasteiger partial charge in [-0.2, -0.15) is 0 Å². The lowest BCUT2D eigenvalue weighted by Crippen LogP contribution is -2.36. The molecule has 0 radical (unpaired) electrons. The number of cyclic esters (lactones) is 1. The molecule has 0 aliphatic carbocycles. The summed E-state index contributed by atoms with van der Waals surface area (Å²) in [6.45, 7) is 1.82. The number of aliphatic hydroxyl groups excluding tert-OH is 2. The molecule has 5 heteroatoms. The van der Waals surface area contributed by atoms with Crippen LogP contribution >= 0.6 is 0 Å². The van der Waals surface area contributed by atoms with Gasteiger partial charge in [0.25, 0.3) is 0 Å². The molecule has 0 aromatic rings. The number of carbonyl (C=O) groups excluding carboxylic acids is 1. The van der Waals surface area contributed by atoms with Crippen LogP contribution in [0.15, 0.2) is 11.8 Å². The summed E-state index contributed by atoms with van der Waals surface area (Å²) in [6.07, 6.45) is 0.298. The Balaban J connectivity index is 2.55. The summed E-state index contributed by atoms with van der Waals surface area (Å²) in [5, 5.41) is 19.2. The largest absolute Gasteiger partial charge is 0.501 e. The quantitative estimate of drug-likeness (QED) is 0.667. The van der Waals surface area contributed by atoms with Crippen LogP contribution in [0.1, 0.15) is 26.2 Å². The van der Waals surface area contributed by atoms with Gasteiger partial charge in [0.2, 0.25) is 0 Å². The first-order valence-corrected chi connectivity index (χ1v) is 5.38. The lowest BCUT2D eigenvalue weighted by Gasteiger charge is -2.27. The van der Waals surface area contributed by atoms with Crippen LogP contribution in [0.25, 0.3) is 0 Å². The van der Waals surface area contributed by atoms with Crippen molar-refractivity contribution < 1.29 is 24.5 Å². The van der Waals surface area contributed by atoms with Crippen molar-refractivity contribution in [2.24, 2.45) is 0 Å². The first-order valence-electron chi connectivity index (χ1n) is 5.38. The molecular weight excluding hydrogens is 212 g/mol. The zero-order valence-corrected chi connectivity index (χ0v) is 9.55. The van der Waals surface area contributed by atoms with E-state index in [-0.39, 0.29) is 6.42 Å². The van der Waals surface area contributed by atoms with E-state index < -0.39 is 24.3 Å². The van der Waals surface area contributed by atoms with E-state index in [1.165, 1.54) is 13.2 Å². The lowest BCUT2D eigenvalue weighted by molar-refractivity contribution is -0.153. The highest BCUT2D eigenvalue weighted by molar-refractivity contribution is 5.83. The van der Waals surface area contributed by atoms with Gasteiger partial charge in [0.05, 0.1) is 25.4 Å². The predicted octanol–water partition coefficient (Wildman–Crippen LogP) is 0.354. The second-order valence-electron chi connectivity index (χ2n) is 3.86.